The summed E-state index contributed by atoms with van der Waals surface area (Å²) in [6.45, 7) is 1.02. The van der Waals surface area contributed by atoms with Gasteiger partial charge in [0.15, 0.2) is 22.3 Å². The minimum absolute atomic E-state index is 0.158. The van der Waals surface area contributed by atoms with Crippen molar-refractivity contribution in [3.63, 3.8) is 0 Å². The molecule has 0 radical (unpaired) electrons. The van der Waals surface area contributed by atoms with Gasteiger partial charge in [-0.05, 0) is 30.3 Å². The van der Waals surface area contributed by atoms with Crippen LogP contribution in [0.1, 0.15) is 0 Å². The molecule has 0 bridgehead atoms. The Morgan fingerprint density at radius 1 is 1.03 bits per heavy atom. The molecule has 6 rings (SSSR count). The molecular weight excluding hydrogens is 476 g/mol. The summed E-state index contributed by atoms with van der Waals surface area (Å²) in [5, 5.41) is 17.4. The number of anilines is 1. The monoisotopic (exact) mass is 492 g/mol. The number of hydrogen-bond donors (Lipinski definition) is 1. The van der Waals surface area contributed by atoms with E-state index in [0.717, 1.165) is 16.8 Å². The average Bonchev–Trinajstić information content (AvgIpc) is 3.47. The summed E-state index contributed by atoms with van der Waals surface area (Å²) in [7, 11) is 0. The first kappa shape index (κ1) is 20.8. The number of halogens is 1. The molecule has 9 nitrogen and oxygen atoms in total. The molecule has 0 atom stereocenters. The third-order valence-corrected chi connectivity index (χ3v) is 6.48. The summed E-state index contributed by atoms with van der Waals surface area (Å²) in [5.74, 6) is 1.33. The highest BCUT2D eigenvalue weighted by Gasteiger charge is 2.16. The topological polar surface area (TPSA) is 95.1 Å². The van der Waals surface area contributed by atoms with Gasteiger partial charge in [-0.2, -0.15) is 5.10 Å². The number of hydrogen-bond acceptors (Lipinski definition) is 7. The van der Waals surface area contributed by atoms with Crippen LogP contribution >= 0.6 is 23.4 Å². The number of rotatable bonds is 5. The van der Waals surface area contributed by atoms with Crippen LogP contribution in [-0.2, 0) is 4.79 Å². The summed E-state index contributed by atoms with van der Waals surface area (Å²) in [6, 6.07) is 14.8. The van der Waals surface area contributed by atoms with E-state index in [1.807, 2.05) is 47.1 Å². The number of aromatic nitrogens is 5. The van der Waals surface area contributed by atoms with E-state index in [-0.39, 0.29) is 11.7 Å². The number of benzene rings is 2. The van der Waals surface area contributed by atoms with Crippen molar-refractivity contribution in [2.75, 3.05) is 24.3 Å². The molecule has 3 aromatic heterocycles. The van der Waals surface area contributed by atoms with Crippen LogP contribution in [0, 0.1) is 0 Å². The van der Waals surface area contributed by atoms with Crippen molar-refractivity contribution >= 4 is 46.1 Å². The van der Waals surface area contributed by atoms with Crippen molar-refractivity contribution in [3.05, 3.63) is 65.9 Å². The van der Waals surface area contributed by atoms with Crippen LogP contribution in [0.3, 0.4) is 0 Å². The number of carbonyl (C=O) groups is 1. The lowest BCUT2D eigenvalue weighted by molar-refractivity contribution is -0.113. The Morgan fingerprint density at radius 2 is 1.85 bits per heavy atom. The van der Waals surface area contributed by atoms with Crippen LogP contribution in [-0.4, -0.2) is 49.1 Å². The van der Waals surface area contributed by atoms with Gasteiger partial charge in [0, 0.05) is 34.7 Å². The van der Waals surface area contributed by atoms with E-state index in [1.165, 1.54) is 11.8 Å². The zero-order chi connectivity index (χ0) is 23.1. The summed E-state index contributed by atoms with van der Waals surface area (Å²) in [5.41, 5.74) is 3.88. The molecule has 1 N–H and O–H groups in total. The lowest BCUT2D eigenvalue weighted by atomic mass is 10.1. The Morgan fingerprint density at radius 3 is 2.71 bits per heavy atom. The van der Waals surface area contributed by atoms with Gasteiger partial charge in [0.1, 0.15) is 18.7 Å². The minimum atomic E-state index is -0.158. The lowest BCUT2D eigenvalue weighted by Crippen LogP contribution is -2.17. The Bertz CT molecular complexity index is 1530. The maximum Gasteiger partial charge on any atom is 0.234 e. The summed E-state index contributed by atoms with van der Waals surface area (Å²) in [6.07, 6.45) is 3.67. The van der Waals surface area contributed by atoms with Crippen molar-refractivity contribution in [1.82, 2.24) is 24.2 Å². The van der Waals surface area contributed by atoms with E-state index in [1.54, 1.807) is 22.7 Å². The Hall–Kier alpha value is -3.76. The SMILES string of the molecule is O=C(CSc1nnc2c3cc(-c4ccc(Cl)cc4)nn3ccn12)Nc1ccc2c(c1)OCCO2. The van der Waals surface area contributed by atoms with E-state index in [2.05, 4.69) is 20.6 Å². The normalized spacial score (nSPS) is 12.9. The molecule has 4 heterocycles. The average molecular weight is 493 g/mol. The second-order valence-corrected chi connectivity index (χ2v) is 8.91. The smallest absolute Gasteiger partial charge is 0.234 e. The molecule has 2 aromatic carbocycles. The van der Waals surface area contributed by atoms with E-state index >= 15 is 0 Å². The number of nitrogens with one attached hydrogen (secondary N) is 1. The fraction of sp³-hybridized carbons (Fsp3) is 0.130. The van der Waals surface area contributed by atoms with Crippen molar-refractivity contribution in [3.8, 4) is 22.8 Å². The lowest BCUT2D eigenvalue weighted by Gasteiger charge is -2.18. The second-order valence-electron chi connectivity index (χ2n) is 7.54. The predicted octanol–water partition coefficient (Wildman–Crippen LogP) is 4.20. The first-order chi connectivity index (χ1) is 16.6. The van der Waals surface area contributed by atoms with Crippen LogP contribution in [0.15, 0.2) is 66.1 Å². The van der Waals surface area contributed by atoms with Crippen LogP contribution in [0.25, 0.3) is 22.4 Å². The third-order valence-electron chi connectivity index (χ3n) is 5.28. The zero-order valence-corrected chi connectivity index (χ0v) is 19.2. The molecule has 0 fully saturated rings. The van der Waals surface area contributed by atoms with E-state index in [4.69, 9.17) is 21.1 Å². The van der Waals surface area contributed by atoms with Gasteiger partial charge in [0.2, 0.25) is 5.91 Å². The zero-order valence-electron chi connectivity index (χ0n) is 17.6. The first-order valence-corrected chi connectivity index (χ1v) is 11.8. The van der Waals surface area contributed by atoms with Crippen LogP contribution in [0.4, 0.5) is 5.69 Å². The fourth-order valence-corrected chi connectivity index (χ4v) is 4.54. The number of amides is 1. The number of fused-ring (bicyclic) bond motifs is 4. The molecular formula is C23H17ClN6O3S. The van der Waals surface area contributed by atoms with E-state index in [9.17, 15) is 4.79 Å². The summed E-state index contributed by atoms with van der Waals surface area (Å²) >= 11 is 7.30. The standard InChI is InChI=1S/C23H17ClN6O3S/c24-15-3-1-14(2-4-15)17-12-18-22-26-27-23(29(22)7-8-30(18)28-17)34-13-21(31)25-16-5-6-19-20(11-16)33-10-9-32-19/h1-8,11-12H,9-10,13H2,(H,25,31). The van der Waals surface area contributed by atoms with Crippen molar-refractivity contribution in [2.45, 2.75) is 5.16 Å². The highest BCUT2D eigenvalue weighted by Crippen LogP contribution is 2.32. The third kappa shape index (κ3) is 3.91. The highest BCUT2D eigenvalue weighted by atomic mass is 35.5. The molecule has 0 unspecified atom stereocenters. The molecule has 5 aromatic rings. The summed E-state index contributed by atoms with van der Waals surface area (Å²) < 4.78 is 14.7. The van der Waals surface area contributed by atoms with Gasteiger partial charge in [-0.25, -0.2) is 4.52 Å². The highest BCUT2D eigenvalue weighted by molar-refractivity contribution is 7.99. The van der Waals surface area contributed by atoms with Gasteiger partial charge in [-0.1, -0.05) is 35.5 Å². The van der Waals surface area contributed by atoms with Gasteiger partial charge >= 0.3 is 0 Å². The van der Waals surface area contributed by atoms with E-state index < -0.39 is 0 Å². The van der Waals surface area contributed by atoms with Crippen molar-refractivity contribution in [1.29, 1.82) is 0 Å². The maximum atomic E-state index is 12.5. The van der Waals surface area contributed by atoms with Crippen molar-refractivity contribution in [2.24, 2.45) is 0 Å². The largest absolute Gasteiger partial charge is 0.486 e. The Balaban J connectivity index is 1.19. The van der Waals surface area contributed by atoms with Gasteiger partial charge in [-0.15, -0.1) is 10.2 Å². The number of ether oxygens (including phenoxy) is 2. The predicted molar refractivity (Wildman–Crippen MR) is 129 cm³/mol. The van der Waals surface area contributed by atoms with Crippen LogP contribution in [0.5, 0.6) is 11.5 Å². The van der Waals surface area contributed by atoms with Gasteiger partial charge in [0.25, 0.3) is 0 Å². The minimum Gasteiger partial charge on any atom is -0.486 e. The van der Waals surface area contributed by atoms with Gasteiger partial charge in [-0.3, -0.25) is 9.20 Å². The molecule has 34 heavy (non-hydrogen) atoms. The molecule has 1 amide bonds. The van der Waals surface area contributed by atoms with Gasteiger partial charge < -0.3 is 14.8 Å². The molecule has 11 heteroatoms. The maximum absolute atomic E-state index is 12.5. The Labute approximate surface area is 202 Å². The summed E-state index contributed by atoms with van der Waals surface area (Å²) in [4.78, 5) is 12.5. The molecule has 0 spiro atoms. The molecule has 0 saturated heterocycles. The quantitative estimate of drug-likeness (QED) is 0.367. The van der Waals surface area contributed by atoms with Crippen molar-refractivity contribution < 1.29 is 14.3 Å². The van der Waals surface area contributed by atoms with Gasteiger partial charge in [0.05, 0.1) is 11.4 Å². The molecule has 170 valence electrons. The molecule has 1 aliphatic heterocycles. The van der Waals surface area contributed by atoms with Crippen LogP contribution < -0.4 is 14.8 Å². The van der Waals surface area contributed by atoms with Crippen LogP contribution in [0.2, 0.25) is 5.02 Å². The molecule has 0 aliphatic carbocycles. The van der Waals surface area contributed by atoms with E-state index in [0.29, 0.717) is 46.2 Å². The number of nitrogens with zero attached hydrogens (tertiary/aromatic N) is 5. The molecule has 0 saturated carbocycles. The first-order valence-electron chi connectivity index (χ1n) is 10.5. The second kappa shape index (κ2) is 8.54. The number of carbonyl (C=O) groups excluding carboxylic acids is 1. The fourth-order valence-electron chi connectivity index (χ4n) is 3.70. The number of thioether (sulfide) groups is 1. The molecule has 1 aliphatic rings. The Kier molecular flexibility index (Phi) is 5.23.